The minimum absolute atomic E-state index is 0.619. The summed E-state index contributed by atoms with van der Waals surface area (Å²) in [4.78, 5) is 17.5. The van der Waals surface area contributed by atoms with Crippen molar-refractivity contribution in [3.8, 4) is 0 Å². The quantitative estimate of drug-likeness (QED) is 0.484. The van der Waals surface area contributed by atoms with Crippen molar-refractivity contribution < 1.29 is 18.8 Å². The molecular formula is C18H12ClN5Pt. The Balaban J connectivity index is 0.000000880. The van der Waals surface area contributed by atoms with E-state index in [0.717, 1.165) is 11.1 Å². The Labute approximate surface area is 160 Å². The Morgan fingerprint density at radius 2 is 1.12 bits per heavy atom. The summed E-state index contributed by atoms with van der Waals surface area (Å²) in [6.07, 6.45) is 3.42. The SMILES string of the molecule is [Cl][Pt+].c1ccc(/N=C2\[N-]/C(=N\c3ccccn3)c3ccccc32)nc1. The molecule has 0 spiro atoms. The summed E-state index contributed by atoms with van der Waals surface area (Å²) in [6.45, 7) is 0. The van der Waals surface area contributed by atoms with Crippen LogP contribution in [-0.4, -0.2) is 21.6 Å². The first-order valence-electron chi connectivity index (χ1n) is 7.33. The number of nitrogens with zero attached hydrogens (tertiary/aromatic N) is 5. The van der Waals surface area contributed by atoms with Gasteiger partial charge >= 0.3 is 28.2 Å². The normalized spacial score (nSPS) is 15.3. The first-order valence-corrected chi connectivity index (χ1v) is 10.1. The van der Waals surface area contributed by atoms with Crippen LogP contribution in [0.1, 0.15) is 11.1 Å². The monoisotopic (exact) mass is 528 g/mol. The standard InChI is InChI=1S/C18H12N5.ClH.Pt/c1-2-8-14-13(7-1)17(21-15-9-3-5-11-19-15)23-18(14)22-16-10-4-6-12-20-16;;/h1-12H;1H;/q-1;;+2/p-1. The molecule has 0 saturated heterocycles. The molecule has 0 aliphatic carbocycles. The van der Waals surface area contributed by atoms with E-state index >= 15 is 0 Å². The zero-order valence-corrected chi connectivity index (χ0v) is 15.9. The van der Waals surface area contributed by atoms with Crippen LogP contribution in [0, 0.1) is 0 Å². The van der Waals surface area contributed by atoms with Crippen LogP contribution in [0.2, 0.25) is 0 Å². The number of hydrogen-bond donors (Lipinski definition) is 0. The van der Waals surface area contributed by atoms with Crippen molar-refractivity contribution in [1.29, 1.82) is 0 Å². The van der Waals surface area contributed by atoms with Crippen molar-refractivity contribution in [2.75, 3.05) is 0 Å². The van der Waals surface area contributed by atoms with Crippen molar-refractivity contribution in [3.63, 3.8) is 0 Å². The van der Waals surface area contributed by atoms with Crippen LogP contribution < -0.4 is 0 Å². The molecule has 1 aromatic carbocycles. The summed E-state index contributed by atoms with van der Waals surface area (Å²) >= 11 is 1.61. The maximum absolute atomic E-state index is 4.61. The zero-order chi connectivity index (χ0) is 17.5. The van der Waals surface area contributed by atoms with Gasteiger partial charge in [-0.25, -0.2) is 0 Å². The Hall–Kier alpha value is -2.36. The Kier molecular flexibility index (Phi) is 6.04. The van der Waals surface area contributed by atoms with E-state index < -0.39 is 0 Å². The van der Waals surface area contributed by atoms with Crippen LogP contribution >= 0.6 is 9.42 Å². The zero-order valence-electron chi connectivity index (χ0n) is 12.9. The largest absolute Gasteiger partial charge is 0.357 e. The number of benzene rings is 1. The molecule has 25 heavy (non-hydrogen) atoms. The minimum Gasteiger partial charge on any atom is -0.357 e. The molecule has 1 aliphatic rings. The number of amidine groups is 2. The van der Waals surface area contributed by atoms with E-state index in [1.807, 2.05) is 60.7 Å². The molecule has 1 aliphatic heterocycles. The number of pyridine rings is 2. The first kappa shape index (κ1) is 17.5. The van der Waals surface area contributed by atoms with Crippen LogP contribution in [0.25, 0.3) is 5.32 Å². The molecule has 0 amide bonds. The van der Waals surface area contributed by atoms with Crippen molar-refractivity contribution in [2.24, 2.45) is 9.98 Å². The van der Waals surface area contributed by atoms with Gasteiger partial charge in [0.05, 0.1) is 11.6 Å². The molecular weight excluding hydrogens is 517 g/mol. The number of fused-ring (bicyclic) bond motifs is 1. The number of halogens is 1. The molecule has 0 N–H and O–H groups in total. The molecule has 5 nitrogen and oxygen atoms in total. The molecule has 126 valence electrons. The summed E-state index contributed by atoms with van der Waals surface area (Å²) in [6, 6.07) is 19.1. The third-order valence-corrected chi connectivity index (χ3v) is 3.36. The number of aromatic nitrogens is 2. The van der Waals surface area contributed by atoms with Crippen LogP contribution in [0.4, 0.5) is 11.6 Å². The number of hydrogen-bond acceptors (Lipinski definition) is 4. The minimum atomic E-state index is 0.619. The number of aliphatic imine (C=N–C) groups is 2. The molecule has 0 unspecified atom stereocenters. The molecule has 3 heterocycles. The van der Waals surface area contributed by atoms with Crippen LogP contribution in [0.5, 0.6) is 0 Å². The molecule has 0 bridgehead atoms. The summed E-state index contributed by atoms with van der Waals surface area (Å²) in [5.41, 5.74) is 1.90. The van der Waals surface area contributed by atoms with Gasteiger partial charge in [-0.15, -0.1) is 0 Å². The van der Waals surface area contributed by atoms with Crippen molar-refractivity contribution in [2.45, 2.75) is 0 Å². The molecule has 0 atom stereocenters. The molecule has 0 saturated carbocycles. The second-order valence-corrected chi connectivity index (χ2v) is 4.90. The van der Waals surface area contributed by atoms with E-state index in [9.17, 15) is 0 Å². The van der Waals surface area contributed by atoms with Crippen molar-refractivity contribution in [1.82, 2.24) is 9.97 Å². The Morgan fingerprint density at radius 3 is 1.52 bits per heavy atom. The molecule has 0 fully saturated rings. The maximum Gasteiger partial charge on any atom is 0.0837 e. The Morgan fingerprint density at radius 1 is 0.680 bits per heavy atom. The topological polar surface area (TPSA) is 64.6 Å². The van der Waals surface area contributed by atoms with E-state index in [1.54, 1.807) is 31.2 Å². The van der Waals surface area contributed by atoms with Gasteiger partial charge in [0.1, 0.15) is 0 Å². The van der Waals surface area contributed by atoms with Gasteiger partial charge in [0.2, 0.25) is 0 Å². The van der Waals surface area contributed by atoms with Gasteiger partial charge in [-0.2, -0.15) is 0 Å². The molecule has 0 radical (unpaired) electrons. The summed E-state index contributed by atoms with van der Waals surface area (Å²) in [5.74, 6) is 2.49. The third-order valence-electron chi connectivity index (χ3n) is 3.36. The fourth-order valence-electron chi connectivity index (χ4n) is 2.32. The van der Waals surface area contributed by atoms with Gasteiger partial charge in [-0.3, -0.25) is 9.97 Å². The molecule has 7 heteroatoms. The van der Waals surface area contributed by atoms with Gasteiger partial charge < -0.3 is 15.3 Å². The average molecular weight is 529 g/mol. The van der Waals surface area contributed by atoms with E-state index in [2.05, 4.69) is 34.7 Å². The van der Waals surface area contributed by atoms with Gasteiger partial charge in [-0.05, 0) is 35.4 Å². The molecule has 3 aromatic rings. The van der Waals surface area contributed by atoms with Gasteiger partial charge in [0.15, 0.2) is 0 Å². The fraction of sp³-hybridized carbons (Fsp3) is 0. The second kappa shape index (κ2) is 8.65. The fourth-order valence-corrected chi connectivity index (χ4v) is 2.32. The summed E-state index contributed by atoms with van der Waals surface area (Å²) in [5, 5.41) is 4.57. The first-order chi connectivity index (χ1) is 12.4. The van der Waals surface area contributed by atoms with Gasteiger partial charge in [0, 0.05) is 24.1 Å². The molecule has 4 rings (SSSR count). The van der Waals surface area contributed by atoms with E-state index in [0.29, 0.717) is 23.3 Å². The average Bonchev–Trinajstić information content (AvgIpc) is 3.03. The maximum atomic E-state index is 4.61. The van der Waals surface area contributed by atoms with E-state index in [-0.39, 0.29) is 0 Å². The molecule has 2 aromatic heterocycles. The van der Waals surface area contributed by atoms with Crippen LogP contribution in [0.15, 0.2) is 83.0 Å². The van der Waals surface area contributed by atoms with Crippen molar-refractivity contribution in [3.05, 3.63) is 89.5 Å². The van der Waals surface area contributed by atoms with Crippen molar-refractivity contribution >= 4 is 32.7 Å². The van der Waals surface area contributed by atoms with Crippen LogP contribution in [0.3, 0.4) is 0 Å². The summed E-state index contributed by atoms with van der Waals surface area (Å²) in [7, 11) is 4.61. The Bertz CT molecular complexity index is 823. The third kappa shape index (κ3) is 4.19. The summed E-state index contributed by atoms with van der Waals surface area (Å²) < 4.78 is 0. The van der Waals surface area contributed by atoms with Gasteiger partial charge in [0.25, 0.3) is 0 Å². The van der Waals surface area contributed by atoms with Crippen LogP contribution in [-0.2, 0) is 18.8 Å². The van der Waals surface area contributed by atoms with Gasteiger partial charge in [-0.1, -0.05) is 36.4 Å². The number of rotatable bonds is 2. The van der Waals surface area contributed by atoms with E-state index in [1.165, 1.54) is 0 Å². The smallest absolute Gasteiger partial charge is 0.0837 e. The predicted octanol–water partition coefficient (Wildman–Crippen LogP) is 4.71. The van der Waals surface area contributed by atoms with E-state index in [4.69, 9.17) is 0 Å². The second-order valence-electron chi connectivity index (χ2n) is 4.90. The predicted molar refractivity (Wildman–Crippen MR) is 96.5 cm³/mol.